The van der Waals surface area contributed by atoms with E-state index < -0.39 is 26.9 Å². The minimum Gasteiger partial charge on any atom is -0.353 e. The Hall–Kier alpha value is -3.15. The lowest BCUT2D eigenvalue weighted by molar-refractivity contribution is -0.384. The zero-order chi connectivity index (χ0) is 21.9. The van der Waals surface area contributed by atoms with Gasteiger partial charge in [0, 0.05) is 12.7 Å². The average molecular weight is 424 g/mol. The minimum atomic E-state index is -3.47. The molecule has 1 aromatic carbocycles. The number of amides is 1. The van der Waals surface area contributed by atoms with E-state index in [0.29, 0.717) is 23.4 Å². The predicted molar refractivity (Wildman–Crippen MR) is 111 cm³/mol. The molecule has 2 aromatic rings. The van der Waals surface area contributed by atoms with Crippen molar-refractivity contribution < 1.29 is 18.1 Å². The van der Waals surface area contributed by atoms with E-state index in [2.05, 4.69) is 20.5 Å². The molecular formula is C17H24N6O5S. The maximum atomic E-state index is 12.7. The number of carbonyl (C=O) groups is 1. The van der Waals surface area contributed by atoms with Gasteiger partial charge in [0.2, 0.25) is 21.7 Å². The number of hydrogen-bond acceptors (Lipinski definition) is 7. The summed E-state index contributed by atoms with van der Waals surface area (Å²) in [6.45, 7) is 5.02. The molecule has 1 unspecified atom stereocenters. The van der Waals surface area contributed by atoms with E-state index in [1.54, 1.807) is 33.0 Å². The van der Waals surface area contributed by atoms with Crippen molar-refractivity contribution in [1.29, 1.82) is 0 Å². The summed E-state index contributed by atoms with van der Waals surface area (Å²) in [6, 6.07) is 4.06. The van der Waals surface area contributed by atoms with Gasteiger partial charge < -0.3 is 10.6 Å². The van der Waals surface area contributed by atoms with Crippen LogP contribution in [0.4, 0.5) is 22.9 Å². The first-order chi connectivity index (χ1) is 13.4. The number of rotatable bonds is 8. The van der Waals surface area contributed by atoms with Gasteiger partial charge in [-0.3, -0.25) is 19.6 Å². The van der Waals surface area contributed by atoms with Crippen LogP contribution in [0.1, 0.15) is 24.6 Å². The maximum Gasteiger partial charge on any atom is 0.333 e. The van der Waals surface area contributed by atoms with Crippen molar-refractivity contribution in [1.82, 2.24) is 9.78 Å². The molecular weight excluding hydrogens is 400 g/mol. The summed E-state index contributed by atoms with van der Waals surface area (Å²) in [5, 5.41) is 21.0. The molecule has 1 heterocycles. The lowest BCUT2D eigenvalue weighted by atomic mass is 10.1. The SMILES string of the molecule is CCC(Nc1c([N+](=O)[O-])c(C)nn1C)C(=O)Nc1ccc(C)c(NS(C)(=O)=O)c1. The van der Waals surface area contributed by atoms with E-state index in [-0.39, 0.29) is 17.2 Å². The van der Waals surface area contributed by atoms with Gasteiger partial charge >= 0.3 is 5.69 Å². The molecule has 0 aliphatic carbocycles. The summed E-state index contributed by atoms with van der Waals surface area (Å²) >= 11 is 0. The highest BCUT2D eigenvalue weighted by Gasteiger charge is 2.28. The van der Waals surface area contributed by atoms with E-state index in [0.717, 1.165) is 6.26 Å². The second kappa shape index (κ2) is 8.47. The summed E-state index contributed by atoms with van der Waals surface area (Å²) in [5.74, 6) is -0.285. The molecule has 158 valence electrons. The van der Waals surface area contributed by atoms with Crippen LogP contribution in [0.2, 0.25) is 0 Å². The summed E-state index contributed by atoms with van der Waals surface area (Å²) in [6.07, 6.45) is 1.39. The standard InChI is InChI=1S/C17H24N6O5S/c1-6-13(19-16-15(23(25)26)11(3)20-22(16)4)17(24)18-12-8-7-10(2)14(9-12)21-29(5,27)28/h7-9,13,19,21H,6H2,1-5H3,(H,18,24). The van der Waals surface area contributed by atoms with Gasteiger partial charge in [0.25, 0.3) is 0 Å². The molecule has 3 N–H and O–H groups in total. The molecule has 0 aliphatic heterocycles. The first-order valence-corrected chi connectivity index (χ1v) is 10.7. The molecule has 0 spiro atoms. The minimum absolute atomic E-state index is 0.137. The molecule has 12 heteroatoms. The van der Waals surface area contributed by atoms with Crippen LogP contribution in [0.25, 0.3) is 0 Å². The lowest BCUT2D eigenvalue weighted by Gasteiger charge is -2.18. The highest BCUT2D eigenvalue weighted by atomic mass is 32.2. The molecule has 11 nitrogen and oxygen atoms in total. The van der Waals surface area contributed by atoms with Crippen LogP contribution in [0, 0.1) is 24.0 Å². The Bertz CT molecular complexity index is 1050. The number of benzene rings is 1. The van der Waals surface area contributed by atoms with Crippen molar-refractivity contribution in [3.8, 4) is 0 Å². The molecule has 0 saturated heterocycles. The third kappa shape index (κ3) is 5.44. The van der Waals surface area contributed by atoms with Crippen molar-refractivity contribution >= 4 is 38.8 Å². The van der Waals surface area contributed by atoms with Crippen LogP contribution in [0.5, 0.6) is 0 Å². The van der Waals surface area contributed by atoms with Gasteiger partial charge in [0.05, 0.1) is 16.9 Å². The fourth-order valence-electron chi connectivity index (χ4n) is 2.78. The first kappa shape index (κ1) is 22.1. The molecule has 1 amide bonds. The Morgan fingerprint density at radius 1 is 1.34 bits per heavy atom. The van der Waals surface area contributed by atoms with Gasteiger partial charge in [-0.15, -0.1) is 0 Å². The van der Waals surface area contributed by atoms with Crippen molar-refractivity contribution in [3.63, 3.8) is 0 Å². The molecule has 2 rings (SSSR count). The molecule has 0 bridgehead atoms. The second-order valence-corrected chi connectivity index (χ2v) is 8.41. The first-order valence-electron chi connectivity index (χ1n) is 8.76. The Kier molecular flexibility index (Phi) is 6.47. The van der Waals surface area contributed by atoms with E-state index in [9.17, 15) is 23.3 Å². The average Bonchev–Trinajstić information content (AvgIpc) is 2.87. The summed E-state index contributed by atoms with van der Waals surface area (Å²) in [4.78, 5) is 23.5. The number of nitro groups is 1. The topological polar surface area (TPSA) is 148 Å². The number of sulfonamides is 1. The van der Waals surface area contributed by atoms with Crippen LogP contribution < -0.4 is 15.4 Å². The number of nitrogens with zero attached hydrogens (tertiary/aromatic N) is 3. The fourth-order valence-corrected chi connectivity index (χ4v) is 3.40. The molecule has 0 saturated carbocycles. The number of aryl methyl sites for hydroxylation is 3. The zero-order valence-electron chi connectivity index (χ0n) is 16.8. The van der Waals surface area contributed by atoms with Crippen molar-refractivity contribution in [2.45, 2.75) is 33.2 Å². The van der Waals surface area contributed by atoms with Crippen LogP contribution in [-0.4, -0.2) is 41.3 Å². The monoisotopic (exact) mass is 424 g/mol. The van der Waals surface area contributed by atoms with E-state index in [4.69, 9.17) is 0 Å². The predicted octanol–water partition coefficient (Wildman–Crippen LogP) is 2.15. The largest absolute Gasteiger partial charge is 0.353 e. The molecule has 29 heavy (non-hydrogen) atoms. The smallest absolute Gasteiger partial charge is 0.333 e. The van der Waals surface area contributed by atoms with Crippen LogP contribution in [0.3, 0.4) is 0 Å². The van der Waals surface area contributed by atoms with Crippen molar-refractivity contribution in [2.75, 3.05) is 21.6 Å². The van der Waals surface area contributed by atoms with Gasteiger partial charge in [-0.1, -0.05) is 13.0 Å². The van der Waals surface area contributed by atoms with Crippen molar-refractivity contribution in [3.05, 3.63) is 39.6 Å². The number of carbonyl (C=O) groups excluding carboxylic acids is 1. The summed E-state index contributed by atoms with van der Waals surface area (Å²) in [5.41, 5.74) is 1.49. The van der Waals surface area contributed by atoms with Gasteiger partial charge in [-0.25, -0.2) is 13.1 Å². The van der Waals surface area contributed by atoms with Gasteiger partial charge in [0.15, 0.2) is 0 Å². The van der Waals surface area contributed by atoms with Crippen LogP contribution in [0.15, 0.2) is 18.2 Å². The quantitative estimate of drug-likeness (QED) is 0.434. The third-order valence-corrected chi connectivity index (χ3v) is 4.80. The second-order valence-electron chi connectivity index (χ2n) is 6.66. The van der Waals surface area contributed by atoms with Crippen LogP contribution in [-0.2, 0) is 21.9 Å². The Morgan fingerprint density at radius 2 is 2.00 bits per heavy atom. The van der Waals surface area contributed by atoms with Gasteiger partial charge in [-0.2, -0.15) is 5.10 Å². The summed E-state index contributed by atoms with van der Waals surface area (Å²) < 4.78 is 26.7. The fraction of sp³-hybridized carbons (Fsp3) is 0.412. The van der Waals surface area contributed by atoms with Gasteiger partial charge in [0.1, 0.15) is 11.7 Å². The molecule has 1 atom stereocenters. The Morgan fingerprint density at radius 3 is 2.55 bits per heavy atom. The van der Waals surface area contributed by atoms with E-state index in [1.165, 1.54) is 17.7 Å². The molecule has 0 radical (unpaired) electrons. The molecule has 0 aliphatic rings. The molecule has 1 aromatic heterocycles. The summed E-state index contributed by atoms with van der Waals surface area (Å²) in [7, 11) is -1.92. The Labute approximate surface area is 168 Å². The molecule has 0 fully saturated rings. The third-order valence-electron chi connectivity index (χ3n) is 4.21. The van der Waals surface area contributed by atoms with Crippen molar-refractivity contribution in [2.24, 2.45) is 7.05 Å². The van der Waals surface area contributed by atoms with Gasteiger partial charge in [-0.05, 0) is 38.0 Å². The van der Waals surface area contributed by atoms with E-state index >= 15 is 0 Å². The zero-order valence-corrected chi connectivity index (χ0v) is 17.6. The van der Waals surface area contributed by atoms with E-state index in [1.807, 2.05) is 0 Å². The Balaban J connectivity index is 2.24. The lowest BCUT2D eigenvalue weighted by Crippen LogP contribution is -2.35. The number of hydrogen-bond donors (Lipinski definition) is 3. The highest BCUT2D eigenvalue weighted by Crippen LogP contribution is 2.28. The number of nitrogens with one attached hydrogen (secondary N) is 3. The van der Waals surface area contributed by atoms with Crippen LogP contribution >= 0.6 is 0 Å². The highest BCUT2D eigenvalue weighted by molar-refractivity contribution is 7.92. The number of anilines is 3. The normalized spacial score (nSPS) is 12.3. The number of aromatic nitrogens is 2. The maximum absolute atomic E-state index is 12.7.